The molecule has 0 saturated carbocycles. The van der Waals surface area contributed by atoms with Crippen molar-refractivity contribution in [2.45, 2.75) is 32.4 Å². The standard InChI is InChI=1S/C16H20N4O3/c1-9-4-13-11(5-12(9)23-16(3)7-17-8-16)20-10(2)15(21)19-18-14(20)6-22-13/h4-5,10,17H,6-8H2,1-3H3,(H,19,21). The summed E-state index contributed by atoms with van der Waals surface area (Å²) in [6.45, 7) is 7.95. The summed E-state index contributed by atoms with van der Waals surface area (Å²) in [5.41, 5.74) is 4.20. The minimum Gasteiger partial charge on any atom is -0.485 e. The van der Waals surface area contributed by atoms with Crippen LogP contribution in [0.4, 0.5) is 5.69 Å². The number of hydrazone groups is 1. The minimum atomic E-state index is -0.332. The zero-order valence-corrected chi connectivity index (χ0v) is 13.5. The van der Waals surface area contributed by atoms with Gasteiger partial charge in [0.25, 0.3) is 5.91 Å². The first-order chi connectivity index (χ1) is 11.0. The molecule has 3 heterocycles. The number of nitrogens with one attached hydrogen (secondary N) is 2. The maximum atomic E-state index is 12.0. The summed E-state index contributed by atoms with van der Waals surface area (Å²) in [5.74, 6) is 2.15. The molecule has 3 aliphatic rings. The number of hydrogen-bond acceptors (Lipinski definition) is 6. The zero-order chi connectivity index (χ0) is 16.2. The molecule has 1 aromatic rings. The summed E-state index contributed by atoms with van der Waals surface area (Å²) in [5, 5.41) is 7.33. The second kappa shape index (κ2) is 4.86. The van der Waals surface area contributed by atoms with Gasteiger partial charge in [-0.3, -0.25) is 4.79 Å². The average molecular weight is 316 g/mol. The van der Waals surface area contributed by atoms with Crippen molar-refractivity contribution >= 4 is 17.4 Å². The molecule has 23 heavy (non-hydrogen) atoms. The van der Waals surface area contributed by atoms with Crippen LogP contribution >= 0.6 is 0 Å². The molecule has 4 rings (SSSR count). The topological polar surface area (TPSA) is 75.2 Å². The highest BCUT2D eigenvalue weighted by molar-refractivity contribution is 6.09. The summed E-state index contributed by atoms with van der Waals surface area (Å²) >= 11 is 0. The van der Waals surface area contributed by atoms with Crippen LogP contribution < -0.4 is 25.1 Å². The lowest BCUT2D eigenvalue weighted by Crippen LogP contribution is -2.61. The van der Waals surface area contributed by atoms with Crippen LogP contribution in [0.5, 0.6) is 11.5 Å². The normalized spacial score (nSPS) is 24.5. The number of carbonyl (C=O) groups is 1. The first-order valence-corrected chi connectivity index (χ1v) is 7.80. The molecule has 1 fully saturated rings. The summed E-state index contributed by atoms with van der Waals surface area (Å²) < 4.78 is 12.0. The van der Waals surface area contributed by atoms with Gasteiger partial charge in [0.15, 0.2) is 5.84 Å². The lowest BCUT2D eigenvalue weighted by Gasteiger charge is -2.41. The SMILES string of the molecule is Cc1cc2c(cc1OC1(C)CNC1)N1C(=NNC(=O)C1C)CO2. The van der Waals surface area contributed by atoms with Crippen LogP contribution in [0.15, 0.2) is 17.2 Å². The third-order valence-corrected chi connectivity index (χ3v) is 4.57. The van der Waals surface area contributed by atoms with Gasteiger partial charge in [-0.05, 0) is 32.4 Å². The van der Waals surface area contributed by atoms with Gasteiger partial charge in [-0.25, -0.2) is 5.43 Å². The summed E-state index contributed by atoms with van der Waals surface area (Å²) in [6, 6.07) is 3.59. The molecular formula is C16H20N4O3. The molecule has 0 aromatic heterocycles. The van der Waals surface area contributed by atoms with Crippen molar-refractivity contribution in [3.05, 3.63) is 17.7 Å². The summed E-state index contributed by atoms with van der Waals surface area (Å²) in [4.78, 5) is 13.9. The van der Waals surface area contributed by atoms with Crippen molar-refractivity contribution in [1.29, 1.82) is 0 Å². The lowest BCUT2D eigenvalue weighted by atomic mass is 9.99. The third kappa shape index (κ3) is 2.23. The van der Waals surface area contributed by atoms with E-state index < -0.39 is 0 Å². The van der Waals surface area contributed by atoms with E-state index in [0.29, 0.717) is 12.4 Å². The summed E-state index contributed by atoms with van der Waals surface area (Å²) in [6.07, 6.45) is 0. The van der Waals surface area contributed by atoms with Gasteiger partial charge in [-0.2, -0.15) is 5.10 Å². The number of hydrogen-bond donors (Lipinski definition) is 2. The van der Waals surface area contributed by atoms with Crippen LogP contribution in [-0.2, 0) is 4.79 Å². The molecule has 3 aliphatic heterocycles. The van der Waals surface area contributed by atoms with E-state index >= 15 is 0 Å². The van der Waals surface area contributed by atoms with E-state index in [0.717, 1.165) is 35.8 Å². The lowest BCUT2D eigenvalue weighted by molar-refractivity contribution is -0.122. The van der Waals surface area contributed by atoms with Gasteiger partial charge >= 0.3 is 0 Å². The van der Waals surface area contributed by atoms with E-state index in [1.54, 1.807) is 0 Å². The molecule has 0 aliphatic carbocycles. The molecule has 0 radical (unpaired) electrons. The van der Waals surface area contributed by atoms with Crippen LogP contribution in [0, 0.1) is 6.92 Å². The van der Waals surface area contributed by atoms with Crippen LogP contribution in [0.2, 0.25) is 0 Å². The first-order valence-electron chi connectivity index (χ1n) is 7.80. The number of benzene rings is 1. The number of anilines is 1. The van der Waals surface area contributed by atoms with Crippen molar-refractivity contribution < 1.29 is 14.3 Å². The Labute approximate surface area is 134 Å². The molecular weight excluding hydrogens is 296 g/mol. The number of fused-ring (bicyclic) bond motifs is 3. The Hall–Kier alpha value is -2.28. The quantitative estimate of drug-likeness (QED) is 0.843. The molecule has 1 amide bonds. The van der Waals surface area contributed by atoms with Gasteiger partial charge in [0.2, 0.25) is 0 Å². The minimum absolute atomic E-state index is 0.125. The fourth-order valence-corrected chi connectivity index (χ4v) is 3.08. The van der Waals surface area contributed by atoms with Crippen LogP contribution in [0.3, 0.4) is 0 Å². The molecule has 2 N–H and O–H groups in total. The van der Waals surface area contributed by atoms with Gasteiger partial charge in [-0.15, -0.1) is 0 Å². The third-order valence-electron chi connectivity index (χ3n) is 4.57. The molecule has 1 saturated heterocycles. The predicted octanol–water partition coefficient (Wildman–Crippen LogP) is 0.766. The second-order valence-corrected chi connectivity index (χ2v) is 6.58. The average Bonchev–Trinajstić information content (AvgIpc) is 2.50. The molecule has 1 aromatic carbocycles. The Morgan fingerprint density at radius 1 is 1.43 bits per heavy atom. The fraction of sp³-hybridized carbons (Fsp3) is 0.500. The number of carbonyl (C=O) groups excluding carboxylic acids is 1. The van der Waals surface area contributed by atoms with E-state index in [1.165, 1.54) is 0 Å². The van der Waals surface area contributed by atoms with Gasteiger partial charge < -0.3 is 19.7 Å². The second-order valence-electron chi connectivity index (χ2n) is 6.58. The van der Waals surface area contributed by atoms with Gasteiger partial charge in [0.1, 0.15) is 29.7 Å². The predicted molar refractivity (Wildman–Crippen MR) is 86.1 cm³/mol. The highest BCUT2D eigenvalue weighted by atomic mass is 16.5. The molecule has 1 atom stereocenters. The smallest absolute Gasteiger partial charge is 0.262 e. The highest BCUT2D eigenvalue weighted by Crippen LogP contribution is 2.40. The van der Waals surface area contributed by atoms with Crippen LogP contribution in [0.25, 0.3) is 0 Å². The zero-order valence-electron chi connectivity index (χ0n) is 13.5. The van der Waals surface area contributed by atoms with Crippen molar-refractivity contribution in [1.82, 2.24) is 10.7 Å². The molecule has 7 heteroatoms. The monoisotopic (exact) mass is 316 g/mol. The first kappa shape index (κ1) is 14.3. The highest BCUT2D eigenvalue weighted by Gasteiger charge is 2.37. The van der Waals surface area contributed by atoms with Crippen LogP contribution in [-0.4, -0.2) is 43.1 Å². The largest absolute Gasteiger partial charge is 0.485 e. The van der Waals surface area contributed by atoms with Gasteiger partial charge in [-0.1, -0.05) is 0 Å². The fourth-order valence-electron chi connectivity index (χ4n) is 3.08. The van der Waals surface area contributed by atoms with E-state index in [2.05, 4.69) is 22.8 Å². The van der Waals surface area contributed by atoms with E-state index in [-0.39, 0.29) is 17.6 Å². The summed E-state index contributed by atoms with van der Waals surface area (Å²) in [7, 11) is 0. The Morgan fingerprint density at radius 3 is 2.91 bits per heavy atom. The van der Waals surface area contributed by atoms with Gasteiger partial charge in [0.05, 0.1) is 5.69 Å². The molecule has 1 unspecified atom stereocenters. The van der Waals surface area contributed by atoms with Crippen molar-refractivity contribution in [3.8, 4) is 11.5 Å². The van der Waals surface area contributed by atoms with Crippen molar-refractivity contribution in [2.24, 2.45) is 5.10 Å². The van der Waals surface area contributed by atoms with E-state index in [4.69, 9.17) is 9.47 Å². The van der Waals surface area contributed by atoms with E-state index in [1.807, 2.05) is 30.9 Å². The maximum Gasteiger partial charge on any atom is 0.262 e. The van der Waals surface area contributed by atoms with Gasteiger partial charge in [0, 0.05) is 19.2 Å². The molecule has 7 nitrogen and oxygen atoms in total. The van der Waals surface area contributed by atoms with Crippen molar-refractivity contribution in [2.75, 3.05) is 24.6 Å². The number of aryl methyl sites for hydroxylation is 1. The van der Waals surface area contributed by atoms with Crippen molar-refractivity contribution in [3.63, 3.8) is 0 Å². The molecule has 0 bridgehead atoms. The number of rotatable bonds is 2. The number of nitrogens with zero attached hydrogens (tertiary/aromatic N) is 2. The van der Waals surface area contributed by atoms with Crippen LogP contribution in [0.1, 0.15) is 19.4 Å². The number of amidine groups is 1. The maximum absolute atomic E-state index is 12.0. The Balaban J connectivity index is 1.75. The number of amides is 1. The molecule has 0 spiro atoms. The Morgan fingerprint density at radius 2 is 2.22 bits per heavy atom. The Kier molecular flexibility index (Phi) is 3.02. The number of ether oxygens (including phenoxy) is 2. The Bertz CT molecular complexity index is 712. The molecule has 122 valence electrons. The van der Waals surface area contributed by atoms with E-state index in [9.17, 15) is 4.79 Å².